The van der Waals surface area contributed by atoms with Gasteiger partial charge in [-0.05, 0) is 55.5 Å². The van der Waals surface area contributed by atoms with Crippen LogP contribution in [-0.2, 0) is 0 Å². The van der Waals surface area contributed by atoms with Crippen molar-refractivity contribution >= 4 is 16.9 Å². The van der Waals surface area contributed by atoms with Crippen LogP contribution < -0.4 is 5.32 Å². The molecule has 0 aromatic carbocycles. The molecule has 4 nitrogen and oxygen atoms in total. The standard InChI is InChI=1S/C17H23N3O/c1-12(2)10-16(21)20-11-14(13-5-8-18-9-6-13)17-15(20)4-3-7-19-17/h3-4,7,11-13,18H,5-6,8-10H2,1-2H3. The van der Waals surface area contributed by atoms with E-state index in [9.17, 15) is 4.79 Å². The Labute approximate surface area is 125 Å². The zero-order valence-electron chi connectivity index (χ0n) is 12.8. The molecule has 112 valence electrons. The second-order valence-corrected chi connectivity index (χ2v) is 6.34. The molecule has 1 fully saturated rings. The Morgan fingerprint density at radius 2 is 2.19 bits per heavy atom. The van der Waals surface area contributed by atoms with E-state index in [2.05, 4.69) is 24.1 Å². The Balaban J connectivity index is 2.03. The molecular formula is C17H23N3O. The van der Waals surface area contributed by atoms with E-state index in [0.29, 0.717) is 18.3 Å². The average Bonchev–Trinajstić information content (AvgIpc) is 2.87. The van der Waals surface area contributed by atoms with E-state index in [1.165, 1.54) is 5.56 Å². The molecule has 0 radical (unpaired) electrons. The minimum atomic E-state index is 0.170. The highest BCUT2D eigenvalue weighted by atomic mass is 16.2. The molecule has 1 aliphatic heterocycles. The lowest BCUT2D eigenvalue weighted by Gasteiger charge is -2.21. The predicted octanol–water partition coefficient (Wildman–Crippen LogP) is 3.19. The number of nitrogens with one attached hydrogen (secondary N) is 1. The van der Waals surface area contributed by atoms with Gasteiger partial charge in [0.15, 0.2) is 0 Å². The van der Waals surface area contributed by atoms with Crippen LogP contribution >= 0.6 is 0 Å². The maximum absolute atomic E-state index is 12.5. The van der Waals surface area contributed by atoms with Crippen molar-refractivity contribution in [2.24, 2.45) is 5.92 Å². The third-order valence-corrected chi connectivity index (χ3v) is 4.22. The molecule has 0 saturated carbocycles. The topological polar surface area (TPSA) is 46.9 Å². The summed E-state index contributed by atoms with van der Waals surface area (Å²) >= 11 is 0. The molecule has 1 saturated heterocycles. The summed E-state index contributed by atoms with van der Waals surface area (Å²) in [5.74, 6) is 1.05. The van der Waals surface area contributed by atoms with Gasteiger partial charge < -0.3 is 5.32 Å². The molecular weight excluding hydrogens is 262 g/mol. The van der Waals surface area contributed by atoms with Gasteiger partial charge in [0.25, 0.3) is 0 Å². The SMILES string of the molecule is CC(C)CC(=O)n1cc(C2CCNCC2)c2ncccc21. The van der Waals surface area contributed by atoms with Crippen molar-refractivity contribution in [3.8, 4) is 0 Å². The number of hydrogen-bond donors (Lipinski definition) is 1. The minimum Gasteiger partial charge on any atom is -0.317 e. The van der Waals surface area contributed by atoms with E-state index in [4.69, 9.17) is 0 Å². The first-order chi connectivity index (χ1) is 10.2. The van der Waals surface area contributed by atoms with Crippen LogP contribution in [0.25, 0.3) is 11.0 Å². The number of nitrogens with zero attached hydrogens (tertiary/aromatic N) is 2. The number of piperidine rings is 1. The maximum Gasteiger partial charge on any atom is 0.231 e. The van der Waals surface area contributed by atoms with Gasteiger partial charge in [0.05, 0.1) is 11.0 Å². The number of fused-ring (bicyclic) bond motifs is 1. The van der Waals surface area contributed by atoms with Crippen molar-refractivity contribution in [3.05, 3.63) is 30.1 Å². The van der Waals surface area contributed by atoms with Gasteiger partial charge in [-0.1, -0.05) is 13.8 Å². The fourth-order valence-corrected chi connectivity index (χ4v) is 3.17. The number of carbonyl (C=O) groups is 1. The summed E-state index contributed by atoms with van der Waals surface area (Å²) in [5, 5.41) is 3.39. The molecule has 3 rings (SSSR count). The van der Waals surface area contributed by atoms with Gasteiger partial charge >= 0.3 is 0 Å². The largest absolute Gasteiger partial charge is 0.317 e. The fourth-order valence-electron chi connectivity index (χ4n) is 3.17. The van der Waals surface area contributed by atoms with Gasteiger partial charge in [-0.3, -0.25) is 14.3 Å². The summed E-state index contributed by atoms with van der Waals surface area (Å²) in [6.07, 6.45) is 6.68. The van der Waals surface area contributed by atoms with Crippen molar-refractivity contribution in [3.63, 3.8) is 0 Å². The quantitative estimate of drug-likeness (QED) is 0.942. The highest BCUT2D eigenvalue weighted by Crippen LogP contribution is 2.32. The lowest BCUT2D eigenvalue weighted by molar-refractivity contribution is 0.0892. The molecule has 0 unspecified atom stereocenters. The number of pyridine rings is 1. The molecule has 2 aromatic rings. The number of rotatable bonds is 3. The second kappa shape index (κ2) is 5.98. The van der Waals surface area contributed by atoms with E-state index < -0.39 is 0 Å². The molecule has 1 aliphatic rings. The zero-order chi connectivity index (χ0) is 14.8. The normalized spacial score (nSPS) is 16.7. The Morgan fingerprint density at radius 3 is 2.90 bits per heavy atom. The van der Waals surface area contributed by atoms with Crippen LogP contribution in [0.4, 0.5) is 0 Å². The number of hydrogen-bond acceptors (Lipinski definition) is 3. The summed E-state index contributed by atoms with van der Waals surface area (Å²) < 4.78 is 1.82. The van der Waals surface area contributed by atoms with E-state index in [1.807, 2.05) is 29.1 Å². The summed E-state index contributed by atoms with van der Waals surface area (Å²) in [6.45, 7) is 6.25. The van der Waals surface area contributed by atoms with Crippen molar-refractivity contribution in [2.75, 3.05) is 13.1 Å². The Morgan fingerprint density at radius 1 is 1.43 bits per heavy atom. The number of carbonyl (C=O) groups excluding carboxylic acids is 1. The van der Waals surface area contributed by atoms with Gasteiger partial charge in [-0.2, -0.15) is 0 Å². The van der Waals surface area contributed by atoms with E-state index in [-0.39, 0.29) is 5.91 Å². The molecule has 0 bridgehead atoms. The van der Waals surface area contributed by atoms with Gasteiger partial charge in [-0.25, -0.2) is 0 Å². The first kappa shape index (κ1) is 14.3. The lowest BCUT2D eigenvalue weighted by Crippen LogP contribution is -2.26. The molecule has 21 heavy (non-hydrogen) atoms. The van der Waals surface area contributed by atoms with Crippen LogP contribution in [0.15, 0.2) is 24.5 Å². The molecule has 1 N–H and O–H groups in total. The third-order valence-electron chi connectivity index (χ3n) is 4.22. The average molecular weight is 285 g/mol. The molecule has 0 aliphatic carbocycles. The van der Waals surface area contributed by atoms with Crippen molar-refractivity contribution in [2.45, 2.75) is 39.0 Å². The van der Waals surface area contributed by atoms with Gasteiger partial charge in [0.1, 0.15) is 0 Å². The molecule has 0 atom stereocenters. The summed E-state index contributed by atoms with van der Waals surface area (Å²) in [7, 11) is 0. The highest BCUT2D eigenvalue weighted by molar-refractivity contribution is 5.92. The molecule has 4 heteroatoms. The minimum absolute atomic E-state index is 0.170. The van der Waals surface area contributed by atoms with Crippen molar-refractivity contribution in [1.82, 2.24) is 14.9 Å². The molecule has 0 amide bonds. The summed E-state index contributed by atoms with van der Waals surface area (Å²) in [5.41, 5.74) is 3.20. The lowest BCUT2D eigenvalue weighted by atomic mass is 9.91. The van der Waals surface area contributed by atoms with Crippen LogP contribution in [-0.4, -0.2) is 28.5 Å². The van der Waals surface area contributed by atoms with Crippen LogP contribution in [0.5, 0.6) is 0 Å². The predicted molar refractivity (Wildman–Crippen MR) is 84.7 cm³/mol. The summed E-state index contributed by atoms with van der Waals surface area (Å²) in [4.78, 5) is 17.0. The smallest absolute Gasteiger partial charge is 0.231 e. The molecule has 3 heterocycles. The van der Waals surface area contributed by atoms with Crippen LogP contribution in [0.1, 0.15) is 49.4 Å². The van der Waals surface area contributed by atoms with Crippen LogP contribution in [0.3, 0.4) is 0 Å². The van der Waals surface area contributed by atoms with E-state index >= 15 is 0 Å². The second-order valence-electron chi connectivity index (χ2n) is 6.34. The van der Waals surface area contributed by atoms with Gasteiger partial charge in [0, 0.05) is 18.8 Å². The van der Waals surface area contributed by atoms with E-state index in [1.54, 1.807) is 0 Å². The maximum atomic E-state index is 12.5. The Kier molecular flexibility index (Phi) is 4.06. The Hall–Kier alpha value is -1.68. The first-order valence-corrected chi connectivity index (χ1v) is 7.86. The third kappa shape index (κ3) is 2.86. The summed E-state index contributed by atoms with van der Waals surface area (Å²) in [6, 6.07) is 3.92. The highest BCUT2D eigenvalue weighted by Gasteiger charge is 2.22. The monoisotopic (exact) mass is 285 g/mol. The van der Waals surface area contributed by atoms with Gasteiger partial charge in [0.2, 0.25) is 5.91 Å². The fraction of sp³-hybridized carbons (Fsp3) is 0.529. The molecule has 2 aromatic heterocycles. The van der Waals surface area contributed by atoms with Crippen LogP contribution in [0, 0.1) is 5.92 Å². The Bertz CT molecular complexity index is 639. The van der Waals surface area contributed by atoms with Crippen LogP contribution in [0.2, 0.25) is 0 Å². The number of aromatic nitrogens is 2. The van der Waals surface area contributed by atoms with E-state index in [0.717, 1.165) is 37.0 Å². The first-order valence-electron chi connectivity index (χ1n) is 7.86. The molecule has 0 spiro atoms. The van der Waals surface area contributed by atoms with Gasteiger partial charge in [-0.15, -0.1) is 0 Å². The van der Waals surface area contributed by atoms with Crippen molar-refractivity contribution in [1.29, 1.82) is 0 Å². The van der Waals surface area contributed by atoms with Crippen molar-refractivity contribution < 1.29 is 4.79 Å². The zero-order valence-corrected chi connectivity index (χ0v) is 12.8.